The summed E-state index contributed by atoms with van der Waals surface area (Å²) in [6.07, 6.45) is 1.21. The van der Waals surface area contributed by atoms with E-state index in [4.69, 9.17) is 5.73 Å². The molecule has 4 heteroatoms. The van der Waals surface area contributed by atoms with Crippen molar-refractivity contribution in [3.05, 3.63) is 16.1 Å². The highest BCUT2D eigenvalue weighted by Gasteiger charge is 2.23. The summed E-state index contributed by atoms with van der Waals surface area (Å²) < 4.78 is 0. The van der Waals surface area contributed by atoms with Crippen LogP contribution in [0.5, 0.6) is 0 Å². The predicted octanol–water partition coefficient (Wildman–Crippen LogP) is 1.62. The van der Waals surface area contributed by atoms with E-state index in [9.17, 15) is 0 Å². The van der Waals surface area contributed by atoms with Gasteiger partial charge in [-0.25, -0.2) is 4.98 Å². The van der Waals surface area contributed by atoms with E-state index in [-0.39, 0.29) is 0 Å². The van der Waals surface area contributed by atoms with Crippen molar-refractivity contribution in [2.75, 3.05) is 13.1 Å². The first-order valence-electron chi connectivity index (χ1n) is 5.54. The standard InChI is InChI=1S/C11H19N3S/c1-8-3-4-14(5-10(8)12)6-11-13-9(2)7-15-11/h7-8,10H,3-6,12H2,1-2H3. The molecule has 1 saturated heterocycles. The first-order chi connectivity index (χ1) is 7.15. The quantitative estimate of drug-likeness (QED) is 0.831. The lowest BCUT2D eigenvalue weighted by molar-refractivity contribution is 0.162. The summed E-state index contributed by atoms with van der Waals surface area (Å²) in [5.74, 6) is 0.666. The number of hydrogen-bond donors (Lipinski definition) is 1. The molecule has 0 radical (unpaired) electrons. The zero-order valence-corrected chi connectivity index (χ0v) is 10.3. The molecule has 0 amide bonds. The summed E-state index contributed by atoms with van der Waals surface area (Å²) in [5, 5.41) is 3.33. The zero-order valence-electron chi connectivity index (χ0n) is 9.44. The van der Waals surface area contributed by atoms with Crippen LogP contribution in [0.25, 0.3) is 0 Å². The van der Waals surface area contributed by atoms with Crippen LogP contribution in [0, 0.1) is 12.8 Å². The van der Waals surface area contributed by atoms with Crippen molar-refractivity contribution in [1.29, 1.82) is 0 Å². The zero-order chi connectivity index (χ0) is 10.8. The molecule has 0 aromatic carbocycles. The second-order valence-electron chi connectivity index (χ2n) is 4.55. The van der Waals surface area contributed by atoms with Crippen LogP contribution in [-0.4, -0.2) is 29.0 Å². The molecular weight excluding hydrogens is 206 g/mol. The summed E-state index contributed by atoms with van der Waals surface area (Å²) in [6, 6.07) is 0.333. The van der Waals surface area contributed by atoms with E-state index in [0.717, 1.165) is 25.3 Å². The maximum atomic E-state index is 6.07. The fraction of sp³-hybridized carbons (Fsp3) is 0.727. The number of nitrogens with zero attached hydrogens (tertiary/aromatic N) is 2. The molecule has 1 aromatic rings. The first kappa shape index (κ1) is 11.0. The van der Waals surface area contributed by atoms with Crippen LogP contribution in [0.2, 0.25) is 0 Å². The molecule has 84 valence electrons. The maximum Gasteiger partial charge on any atom is 0.107 e. The van der Waals surface area contributed by atoms with Crippen LogP contribution in [0.15, 0.2) is 5.38 Å². The molecule has 2 heterocycles. The normalized spacial score (nSPS) is 28.2. The molecule has 0 bridgehead atoms. The highest BCUT2D eigenvalue weighted by atomic mass is 32.1. The van der Waals surface area contributed by atoms with Gasteiger partial charge in [0.25, 0.3) is 0 Å². The number of hydrogen-bond acceptors (Lipinski definition) is 4. The Morgan fingerprint density at radius 1 is 1.67 bits per heavy atom. The number of rotatable bonds is 2. The van der Waals surface area contributed by atoms with Gasteiger partial charge in [0.15, 0.2) is 0 Å². The fourth-order valence-electron chi connectivity index (χ4n) is 1.98. The minimum Gasteiger partial charge on any atom is -0.326 e. The van der Waals surface area contributed by atoms with Crippen molar-refractivity contribution >= 4 is 11.3 Å². The molecule has 1 aliphatic rings. The van der Waals surface area contributed by atoms with E-state index < -0.39 is 0 Å². The summed E-state index contributed by atoms with van der Waals surface area (Å²) in [7, 11) is 0. The Hall–Kier alpha value is -0.450. The smallest absolute Gasteiger partial charge is 0.107 e. The minimum atomic E-state index is 0.333. The molecule has 0 aliphatic carbocycles. The highest BCUT2D eigenvalue weighted by molar-refractivity contribution is 7.09. The average Bonchev–Trinajstić information content (AvgIpc) is 2.58. The lowest BCUT2D eigenvalue weighted by Crippen LogP contribution is -2.47. The maximum absolute atomic E-state index is 6.07. The van der Waals surface area contributed by atoms with Gasteiger partial charge in [0.1, 0.15) is 5.01 Å². The van der Waals surface area contributed by atoms with E-state index in [0.29, 0.717) is 12.0 Å². The van der Waals surface area contributed by atoms with Gasteiger partial charge in [0.2, 0.25) is 0 Å². The van der Waals surface area contributed by atoms with Crippen molar-refractivity contribution in [3.63, 3.8) is 0 Å². The highest BCUT2D eigenvalue weighted by Crippen LogP contribution is 2.18. The van der Waals surface area contributed by atoms with Gasteiger partial charge in [-0.3, -0.25) is 4.90 Å². The first-order valence-corrected chi connectivity index (χ1v) is 6.42. The van der Waals surface area contributed by atoms with Gasteiger partial charge in [-0.05, 0) is 25.8 Å². The molecule has 3 nitrogen and oxygen atoms in total. The van der Waals surface area contributed by atoms with E-state index in [2.05, 4.69) is 22.2 Å². The third-order valence-electron chi connectivity index (χ3n) is 3.13. The van der Waals surface area contributed by atoms with Gasteiger partial charge in [0, 0.05) is 23.7 Å². The van der Waals surface area contributed by atoms with Crippen LogP contribution < -0.4 is 5.73 Å². The summed E-state index contributed by atoms with van der Waals surface area (Å²) >= 11 is 1.75. The van der Waals surface area contributed by atoms with Crippen LogP contribution in [0.3, 0.4) is 0 Å². The molecule has 1 aliphatic heterocycles. The lowest BCUT2D eigenvalue weighted by Gasteiger charge is -2.34. The van der Waals surface area contributed by atoms with E-state index >= 15 is 0 Å². The summed E-state index contributed by atoms with van der Waals surface area (Å²) in [5.41, 5.74) is 7.20. The Balaban J connectivity index is 1.90. The number of nitrogens with two attached hydrogens (primary N) is 1. The van der Waals surface area contributed by atoms with Crippen molar-refractivity contribution in [2.24, 2.45) is 11.7 Å². The van der Waals surface area contributed by atoms with Crippen molar-refractivity contribution < 1.29 is 0 Å². The molecule has 0 spiro atoms. The Morgan fingerprint density at radius 3 is 3.07 bits per heavy atom. The van der Waals surface area contributed by atoms with Crippen LogP contribution in [-0.2, 0) is 6.54 Å². The van der Waals surface area contributed by atoms with E-state index in [1.807, 2.05) is 6.92 Å². The van der Waals surface area contributed by atoms with Gasteiger partial charge < -0.3 is 5.73 Å². The Labute approximate surface area is 95.3 Å². The summed E-state index contributed by atoms with van der Waals surface area (Å²) in [4.78, 5) is 6.90. The van der Waals surface area contributed by atoms with Crippen LogP contribution >= 0.6 is 11.3 Å². The number of aryl methyl sites for hydroxylation is 1. The molecule has 0 saturated carbocycles. The van der Waals surface area contributed by atoms with Crippen molar-refractivity contribution in [3.8, 4) is 0 Å². The van der Waals surface area contributed by atoms with Crippen molar-refractivity contribution in [2.45, 2.75) is 32.9 Å². The predicted molar refractivity (Wildman–Crippen MR) is 63.9 cm³/mol. The van der Waals surface area contributed by atoms with Gasteiger partial charge in [-0.1, -0.05) is 6.92 Å². The largest absolute Gasteiger partial charge is 0.326 e. The Morgan fingerprint density at radius 2 is 2.47 bits per heavy atom. The average molecular weight is 225 g/mol. The van der Waals surface area contributed by atoms with E-state index in [1.54, 1.807) is 11.3 Å². The molecule has 15 heavy (non-hydrogen) atoms. The third-order valence-corrected chi connectivity index (χ3v) is 4.08. The van der Waals surface area contributed by atoms with Crippen LogP contribution in [0.4, 0.5) is 0 Å². The Bertz CT molecular complexity index is 323. The van der Waals surface area contributed by atoms with Gasteiger partial charge >= 0.3 is 0 Å². The number of aromatic nitrogens is 1. The van der Waals surface area contributed by atoms with Gasteiger partial charge in [-0.15, -0.1) is 11.3 Å². The number of piperidine rings is 1. The molecule has 2 unspecified atom stereocenters. The SMILES string of the molecule is Cc1csc(CN2CCC(C)C(N)C2)n1. The summed E-state index contributed by atoms with van der Waals surface area (Å²) in [6.45, 7) is 7.44. The van der Waals surface area contributed by atoms with Gasteiger partial charge in [-0.2, -0.15) is 0 Å². The fourth-order valence-corrected chi connectivity index (χ4v) is 2.79. The second-order valence-corrected chi connectivity index (χ2v) is 5.49. The van der Waals surface area contributed by atoms with Crippen molar-refractivity contribution in [1.82, 2.24) is 9.88 Å². The molecular formula is C11H19N3S. The Kier molecular flexibility index (Phi) is 3.38. The number of thiazole rings is 1. The molecule has 2 atom stereocenters. The molecule has 2 rings (SSSR count). The monoisotopic (exact) mass is 225 g/mol. The topological polar surface area (TPSA) is 42.1 Å². The van der Waals surface area contributed by atoms with E-state index in [1.165, 1.54) is 11.4 Å². The molecule has 1 aromatic heterocycles. The molecule has 2 N–H and O–H groups in total. The third kappa shape index (κ3) is 2.77. The second kappa shape index (κ2) is 4.60. The number of likely N-dealkylation sites (tertiary alicyclic amines) is 1. The van der Waals surface area contributed by atoms with Gasteiger partial charge in [0.05, 0.1) is 6.54 Å². The lowest BCUT2D eigenvalue weighted by atomic mass is 9.94. The molecule has 1 fully saturated rings. The minimum absolute atomic E-state index is 0.333. The van der Waals surface area contributed by atoms with Crippen LogP contribution in [0.1, 0.15) is 24.0 Å².